The Hall–Kier alpha value is -1.93. The number of carboxylic acid groups (broad SMARTS) is 1. The average Bonchev–Trinajstić information content (AvgIpc) is 3.12. The second-order valence-electron chi connectivity index (χ2n) is 11.4. The number of aliphatic carboxylic acids is 1. The minimum Gasteiger partial charge on any atom is -0.480 e. The number of rotatable bonds is 11. The lowest BCUT2D eigenvalue weighted by Crippen LogP contribution is -2.70. The molecule has 1 aliphatic carbocycles. The molecule has 5 rings (SSSR count). The van der Waals surface area contributed by atoms with Crippen molar-refractivity contribution in [2.24, 2.45) is 23.7 Å². The topological polar surface area (TPSA) is 159 Å². The summed E-state index contributed by atoms with van der Waals surface area (Å²) in [5.41, 5.74) is -0.742. The van der Waals surface area contributed by atoms with E-state index in [2.05, 4.69) is 30.2 Å². The first-order chi connectivity index (χ1) is 18.5. The third kappa shape index (κ3) is 6.37. The van der Waals surface area contributed by atoms with Gasteiger partial charge in [0, 0.05) is 43.4 Å². The van der Waals surface area contributed by atoms with Gasteiger partial charge in [0.05, 0.1) is 6.42 Å². The molecular formula is C26H40N2O10S. The molecule has 0 radical (unpaired) electrons. The smallest absolute Gasteiger partial charge is 0.327 e. The van der Waals surface area contributed by atoms with Crippen LogP contribution >= 0.6 is 12.6 Å². The van der Waals surface area contributed by atoms with Gasteiger partial charge < -0.3 is 30.0 Å². The summed E-state index contributed by atoms with van der Waals surface area (Å²) in [5.74, 6) is -2.93. The fraction of sp³-hybridized carbons (Fsp3) is 0.846. The van der Waals surface area contributed by atoms with Crippen LogP contribution in [-0.4, -0.2) is 71.2 Å². The molecule has 0 aromatic rings. The summed E-state index contributed by atoms with van der Waals surface area (Å²) in [6, 6.07) is -1.06. The van der Waals surface area contributed by atoms with Crippen LogP contribution in [0.3, 0.4) is 0 Å². The number of amides is 2. The standard InChI is InChI=1S/C26H40N2O10S/c1-14-6-7-17-15(2)23(35-24-26(17)16(14)10-11-25(3,36-24)37-38-26)34-21(31)9-8-19(29)27-12-4-5-20(30)28-18(13-39)22(32)33/h14-18,23-24,39H,4-13H2,1-3H3,(H,27,29)(H,28,30)(H,32,33)/t14-,15+,16+,17-,18+,23-,24+,25-,26+/m1/s1. The van der Waals surface area contributed by atoms with Crippen LogP contribution in [-0.2, 0) is 43.2 Å². The van der Waals surface area contributed by atoms with Gasteiger partial charge in [0.25, 0.3) is 0 Å². The van der Waals surface area contributed by atoms with Crippen molar-refractivity contribution in [3.05, 3.63) is 0 Å². The van der Waals surface area contributed by atoms with Crippen molar-refractivity contribution >= 4 is 36.4 Å². The summed E-state index contributed by atoms with van der Waals surface area (Å²) >= 11 is 3.89. The minimum atomic E-state index is -1.16. The summed E-state index contributed by atoms with van der Waals surface area (Å²) in [6.07, 6.45) is 2.13. The van der Waals surface area contributed by atoms with Crippen molar-refractivity contribution in [3.8, 4) is 0 Å². The van der Waals surface area contributed by atoms with Crippen molar-refractivity contribution in [1.29, 1.82) is 0 Å². The van der Waals surface area contributed by atoms with Gasteiger partial charge in [0.15, 0.2) is 11.9 Å². The molecule has 9 atom stereocenters. The van der Waals surface area contributed by atoms with E-state index in [1.165, 1.54) is 0 Å². The number of carboxylic acids is 1. The average molecular weight is 573 g/mol. The van der Waals surface area contributed by atoms with Crippen molar-refractivity contribution in [3.63, 3.8) is 0 Å². The molecule has 3 N–H and O–H groups in total. The first-order valence-electron chi connectivity index (χ1n) is 13.8. The van der Waals surface area contributed by atoms with E-state index in [1.807, 2.05) is 13.8 Å². The SMILES string of the molecule is C[C@@H]1[C@H](OC(=O)CCC(=O)NCCCC(=O)N[C@@H](CS)C(=O)O)O[C@H]2O[C@@]3(C)CC[C@H]4[C@H](C)CC[C@H]1[C@]24OO3. The highest BCUT2D eigenvalue weighted by Crippen LogP contribution is 2.60. The number of carbonyl (C=O) groups is 4. The van der Waals surface area contributed by atoms with E-state index < -0.39 is 47.9 Å². The number of nitrogens with one attached hydrogen (secondary N) is 2. The molecular weight excluding hydrogens is 532 g/mol. The third-order valence-corrected chi connectivity index (χ3v) is 8.98. The second kappa shape index (κ2) is 12.3. The van der Waals surface area contributed by atoms with Crippen LogP contribution in [0.15, 0.2) is 0 Å². The Morgan fingerprint density at radius 1 is 1.05 bits per heavy atom. The Kier molecular flexibility index (Phi) is 9.47. The largest absolute Gasteiger partial charge is 0.480 e. The van der Waals surface area contributed by atoms with E-state index in [0.717, 1.165) is 19.3 Å². The molecule has 4 aliphatic heterocycles. The molecule has 2 amide bonds. The van der Waals surface area contributed by atoms with Gasteiger partial charge in [-0.05, 0) is 44.4 Å². The predicted molar refractivity (Wildman–Crippen MR) is 138 cm³/mol. The first kappa shape index (κ1) is 30.0. The molecule has 4 heterocycles. The molecule has 0 unspecified atom stereocenters. The van der Waals surface area contributed by atoms with E-state index in [9.17, 15) is 19.2 Å². The summed E-state index contributed by atoms with van der Waals surface area (Å²) in [7, 11) is 0. The molecule has 0 aromatic carbocycles. The van der Waals surface area contributed by atoms with Crippen molar-refractivity contribution in [2.75, 3.05) is 12.3 Å². The Bertz CT molecular complexity index is 952. The van der Waals surface area contributed by atoms with Crippen molar-refractivity contribution < 1.29 is 48.3 Å². The molecule has 220 valence electrons. The maximum Gasteiger partial charge on any atom is 0.327 e. The number of ether oxygens (including phenoxy) is 3. The van der Waals surface area contributed by atoms with Crippen LogP contribution in [0, 0.1) is 23.7 Å². The van der Waals surface area contributed by atoms with Crippen LogP contribution in [0.4, 0.5) is 0 Å². The highest BCUT2D eigenvalue weighted by atomic mass is 32.1. The summed E-state index contributed by atoms with van der Waals surface area (Å²) < 4.78 is 18.2. The molecule has 13 heteroatoms. The molecule has 12 nitrogen and oxygen atoms in total. The van der Waals surface area contributed by atoms with E-state index in [0.29, 0.717) is 18.8 Å². The Morgan fingerprint density at radius 3 is 2.54 bits per heavy atom. The first-order valence-corrected chi connectivity index (χ1v) is 14.4. The molecule has 2 bridgehead atoms. The molecule has 0 aromatic heterocycles. The van der Waals surface area contributed by atoms with E-state index in [4.69, 9.17) is 29.1 Å². The van der Waals surface area contributed by atoms with Crippen LogP contribution in [0.2, 0.25) is 0 Å². The molecule has 1 spiro atoms. The van der Waals surface area contributed by atoms with E-state index in [1.54, 1.807) is 0 Å². The molecule has 39 heavy (non-hydrogen) atoms. The van der Waals surface area contributed by atoms with Gasteiger partial charge in [-0.2, -0.15) is 12.6 Å². The highest BCUT2D eigenvalue weighted by molar-refractivity contribution is 7.80. The summed E-state index contributed by atoms with van der Waals surface area (Å²) in [5, 5.41) is 14.0. The Balaban J connectivity index is 1.23. The fourth-order valence-electron chi connectivity index (χ4n) is 6.43. The zero-order valence-corrected chi connectivity index (χ0v) is 23.6. The van der Waals surface area contributed by atoms with Crippen LogP contribution in [0.25, 0.3) is 0 Å². The van der Waals surface area contributed by atoms with Gasteiger partial charge in [-0.3, -0.25) is 14.4 Å². The van der Waals surface area contributed by atoms with Gasteiger partial charge in [-0.25, -0.2) is 14.6 Å². The number of esters is 1. The number of thiol groups is 1. The van der Waals surface area contributed by atoms with Crippen LogP contribution < -0.4 is 10.6 Å². The third-order valence-electron chi connectivity index (χ3n) is 8.62. The van der Waals surface area contributed by atoms with Gasteiger partial charge in [0.1, 0.15) is 6.04 Å². The molecule has 5 aliphatic rings. The lowest BCUT2D eigenvalue weighted by atomic mass is 9.58. The molecule has 5 fully saturated rings. The van der Waals surface area contributed by atoms with Gasteiger partial charge in [-0.15, -0.1) is 0 Å². The maximum absolute atomic E-state index is 12.7. The number of fused-ring (bicyclic) bond motifs is 2. The lowest BCUT2D eigenvalue weighted by Gasteiger charge is -2.59. The second-order valence-corrected chi connectivity index (χ2v) is 11.7. The van der Waals surface area contributed by atoms with Gasteiger partial charge in [-0.1, -0.05) is 13.8 Å². The minimum absolute atomic E-state index is 0.0188. The lowest BCUT2D eigenvalue weighted by molar-refractivity contribution is -0.576. The van der Waals surface area contributed by atoms with Crippen molar-refractivity contribution in [1.82, 2.24) is 10.6 Å². The van der Waals surface area contributed by atoms with Gasteiger partial charge in [0.2, 0.25) is 23.9 Å². The highest BCUT2D eigenvalue weighted by Gasteiger charge is 2.69. The van der Waals surface area contributed by atoms with Crippen molar-refractivity contribution in [2.45, 2.75) is 102 Å². The zero-order chi connectivity index (χ0) is 28.4. The van der Waals surface area contributed by atoms with Crippen LogP contribution in [0.1, 0.15) is 72.1 Å². The zero-order valence-electron chi connectivity index (χ0n) is 22.7. The predicted octanol–water partition coefficient (Wildman–Crippen LogP) is 1.91. The normalized spacial score (nSPS) is 37.6. The summed E-state index contributed by atoms with van der Waals surface area (Å²) in [4.78, 5) is 59.5. The molecule has 4 saturated heterocycles. The quantitative estimate of drug-likeness (QED) is 0.125. The maximum atomic E-state index is 12.7. The van der Waals surface area contributed by atoms with E-state index in [-0.39, 0.29) is 55.2 Å². The van der Waals surface area contributed by atoms with Crippen LogP contribution in [0.5, 0.6) is 0 Å². The number of hydrogen-bond donors (Lipinski definition) is 4. The van der Waals surface area contributed by atoms with Gasteiger partial charge >= 0.3 is 11.9 Å². The Labute approximate surface area is 233 Å². The Morgan fingerprint density at radius 2 is 1.82 bits per heavy atom. The number of hydrogen-bond acceptors (Lipinski definition) is 10. The summed E-state index contributed by atoms with van der Waals surface area (Å²) in [6.45, 7) is 6.26. The molecule has 1 saturated carbocycles. The van der Waals surface area contributed by atoms with E-state index >= 15 is 0 Å². The number of carbonyl (C=O) groups excluding carboxylic acids is 3. The monoisotopic (exact) mass is 572 g/mol. The fourth-order valence-corrected chi connectivity index (χ4v) is 6.68.